The Hall–Kier alpha value is -1.02. The molecule has 0 heterocycles. The second kappa shape index (κ2) is 10.7. The summed E-state index contributed by atoms with van der Waals surface area (Å²) >= 11 is 1.87. The van der Waals surface area contributed by atoms with Crippen molar-refractivity contribution >= 4 is 23.6 Å². The normalized spacial score (nSPS) is 12.7. The summed E-state index contributed by atoms with van der Waals surface area (Å²) in [5, 5.41) is 0. The first kappa shape index (κ1) is 17.0. The Morgan fingerprint density at radius 3 is 2.60 bits per heavy atom. The van der Waals surface area contributed by atoms with E-state index in [9.17, 15) is 4.79 Å². The summed E-state index contributed by atoms with van der Waals surface area (Å²) in [5.41, 5.74) is 1.09. The van der Waals surface area contributed by atoms with Crippen LogP contribution in [0.1, 0.15) is 45.1 Å². The molecular formula is C18H26OS. The molecule has 0 fully saturated rings. The molecular weight excluding hydrogens is 264 g/mol. The van der Waals surface area contributed by atoms with Crippen LogP contribution in [0.3, 0.4) is 0 Å². The third-order valence-electron chi connectivity index (χ3n) is 3.32. The Kier molecular flexibility index (Phi) is 9.14. The van der Waals surface area contributed by atoms with E-state index >= 15 is 0 Å². The second-order valence-corrected chi connectivity index (χ2v) is 6.32. The lowest BCUT2D eigenvalue weighted by Crippen LogP contribution is -2.15. The molecule has 0 spiro atoms. The van der Waals surface area contributed by atoms with Crippen LogP contribution in [-0.4, -0.2) is 17.3 Å². The van der Waals surface area contributed by atoms with Gasteiger partial charge in [0.15, 0.2) is 5.78 Å². The number of rotatable bonds is 10. The molecule has 1 atom stereocenters. The van der Waals surface area contributed by atoms with Crippen LogP contribution in [0.5, 0.6) is 0 Å². The van der Waals surface area contributed by atoms with Crippen molar-refractivity contribution in [3.8, 4) is 0 Å². The molecule has 0 aliphatic heterocycles. The molecule has 2 heteroatoms. The number of carbonyl (C=O) groups excluding carboxylic acids is 1. The van der Waals surface area contributed by atoms with E-state index in [1.165, 1.54) is 12.8 Å². The number of benzene rings is 1. The van der Waals surface area contributed by atoms with E-state index in [2.05, 4.69) is 13.8 Å². The van der Waals surface area contributed by atoms with Crippen molar-refractivity contribution in [1.29, 1.82) is 0 Å². The molecule has 0 saturated heterocycles. The zero-order chi connectivity index (χ0) is 14.6. The van der Waals surface area contributed by atoms with Gasteiger partial charge in [-0.05, 0) is 23.8 Å². The van der Waals surface area contributed by atoms with Crippen molar-refractivity contribution in [2.24, 2.45) is 5.92 Å². The number of hydrogen-bond donors (Lipinski definition) is 0. The summed E-state index contributed by atoms with van der Waals surface area (Å²) in [4.78, 5) is 12.3. The van der Waals surface area contributed by atoms with Crippen LogP contribution >= 0.6 is 11.8 Å². The van der Waals surface area contributed by atoms with E-state index in [-0.39, 0.29) is 11.7 Å². The molecule has 0 aliphatic rings. The van der Waals surface area contributed by atoms with E-state index < -0.39 is 0 Å². The van der Waals surface area contributed by atoms with Crippen LogP contribution in [0.25, 0.3) is 6.08 Å². The average molecular weight is 290 g/mol. The first-order chi connectivity index (χ1) is 9.77. The molecule has 110 valence electrons. The minimum atomic E-state index is 0.187. The topological polar surface area (TPSA) is 17.1 Å². The van der Waals surface area contributed by atoms with Crippen LogP contribution in [0, 0.1) is 5.92 Å². The van der Waals surface area contributed by atoms with E-state index in [0.717, 1.165) is 29.9 Å². The molecule has 0 N–H and O–H groups in total. The fraction of sp³-hybridized carbons (Fsp3) is 0.500. The van der Waals surface area contributed by atoms with Gasteiger partial charge in [-0.15, -0.1) is 0 Å². The minimum absolute atomic E-state index is 0.187. The predicted molar refractivity (Wildman–Crippen MR) is 91.1 cm³/mol. The quantitative estimate of drug-likeness (QED) is 0.434. The van der Waals surface area contributed by atoms with Crippen molar-refractivity contribution < 1.29 is 4.79 Å². The Morgan fingerprint density at radius 2 is 1.95 bits per heavy atom. The largest absolute Gasteiger partial charge is 0.295 e. The Morgan fingerprint density at radius 1 is 1.20 bits per heavy atom. The molecule has 1 rings (SSSR count). The summed E-state index contributed by atoms with van der Waals surface area (Å²) in [5.74, 6) is 2.51. The highest BCUT2D eigenvalue weighted by Crippen LogP contribution is 2.18. The number of carbonyl (C=O) groups is 1. The molecule has 1 nitrogen and oxygen atoms in total. The van der Waals surface area contributed by atoms with Crippen molar-refractivity contribution in [2.75, 3.05) is 11.5 Å². The molecule has 1 aromatic carbocycles. The summed E-state index contributed by atoms with van der Waals surface area (Å²) in [6, 6.07) is 10.0. The van der Waals surface area contributed by atoms with Gasteiger partial charge in [0, 0.05) is 11.7 Å². The standard InChI is InChI=1S/C18H26OS/c1-3-5-7-12-17(15-20-4-2)18(19)14-13-16-10-8-6-9-11-16/h6,8-11,13-14,17H,3-5,7,12,15H2,1-2H3/b14-13+/t17-/m0/s1. The summed E-state index contributed by atoms with van der Waals surface area (Å²) in [6.45, 7) is 4.35. The number of allylic oxidation sites excluding steroid dienone is 1. The molecule has 0 saturated carbocycles. The van der Waals surface area contributed by atoms with Crippen LogP contribution in [0.4, 0.5) is 0 Å². The summed E-state index contributed by atoms with van der Waals surface area (Å²) < 4.78 is 0. The highest BCUT2D eigenvalue weighted by atomic mass is 32.2. The Bertz CT molecular complexity index is 397. The molecule has 1 aromatic rings. The van der Waals surface area contributed by atoms with Gasteiger partial charge in [0.1, 0.15) is 0 Å². The monoisotopic (exact) mass is 290 g/mol. The lowest BCUT2D eigenvalue weighted by molar-refractivity contribution is -0.117. The van der Waals surface area contributed by atoms with Gasteiger partial charge >= 0.3 is 0 Å². The van der Waals surface area contributed by atoms with Gasteiger partial charge in [-0.1, -0.05) is 69.5 Å². The molecule has 0 aromatic heterocycles. The summed E-state index contributed by atoms with van der Waals surface area (Å²) in [7, 11) is 0. The van der Waals surface area contributed by atoms with Gasteiger partial charge in [0.05, 0.1) is 0 Å². The number of unbranched alkanes of at least 4 members (excludes halogenated alkanes) is 2. The molecule has 20 heavy (non-hydrogen) atoms. The maximum atomic E-state index is 12.3. The maximum absolute atomic E-state index is 12.3. The number of thioether (sulfide) groups is 1. The first-order valence-corrected chi connectivity index (χ1v) is 8.78. The summed E-state index contributed by atoms with van der Waals surface area (Å²) in [6.07, 6.45) is 8.33. The van der Waals surface area contributed by atoms with E-state index in [4.69, 9.17) is 0 Å². The Balaban J connectivity index is 2.55. The van der Waals surface area contributed by atoms with Gasteiger partial charge in [-0.2, -0.15) is 11.8 Å². The van der Waals surface area contributed by atoms with Gasteiger partial charge in [-0.3, -0.25) is 4.79 Å². The van der Waals surface area contributed by atoms with Crippen molar-refractivity contribution in [2.45, 2.75) is 39.5 Å². The molecule has 0 aliphatic carbocycles. The fourth-order valence-electron chi connectivity index (χ4n) is 2.09. The average Bonchev–Trinajstić information content (AvgIpc) is 2.49. The highest BCUT2D eigenvalue weighted by Gasteiger charge is 2.15. The lowest BCUT2D eigenvalue weighted by atomic mass is 9.98. The molecule has 0 amide bonds. The predicted octanol–water partition coefficient (Wildman–Crippen LogP) is 5.22. The fourth-order valence-corrected chi connectivity index (χ4v) is 2.94. The van der Waals surface area contributed by atoms with Crippen LogP contribution in [0.2, 0.25) is 0 Å². The molecule has 0 bridgehead atoms. The van der Waals surface area contributed by atoms with Crippen LogP contribution in [-0.2, 0) is 4.79 Å². The zero-order valence-electron chi connectivity index (χ0n) is 12.7. The van der Waals surface area contributed by atoms with Gasteiger partial charge in [0.25, 0.3) is 0 Å². The third kappa shape index (κ3) is 6.95. The highest BCUT2D eigenvalue weighted by molar-refractivity contribution is 7.99. The van der Waals surface area contributed by atoms with Gasteiger partial charge in [-0.25, -0.2) is 0 Å². The van der Waals surface area contributed by atoms with Crippen LogP contribution < -0.4 is 0 Å². The van der Waals surface area contributed by atoms with E-state index in [1.54, 1.807) is 6.08 Å². The van der Waals surface area contributed by atoms with Crippen molar-refractivity contribution in [3.05, 3.63) is 42.0 Å². The minimum Gasteiger partial charge on any atom is -0.295 e. The molecule has 0 unspecified atom stereocenters. The van der Waals surface area contributed by atoms with E-state index in [1.807, 2.05) is 48.2 Å². The molecule has 0 radical (unpaired) electrons. The van der Waals surface area contributed by atoms with Crippen molar-refractivity contribution in [3.63, 3.8) is 0 Å². The Labute approximate surface area is 127 Å². The zero-order valence-corrected chi connectivity index (χ0v) is 13.5. The van der Waals surface area contributed by atoms with Crippen molar-refractivity contribution in [1.82, 2.24) is 0 Å². The number of hydrogen-bond acceptors (Lipinski definition) is 2. The van der Waals surface area contributed by atoms with Crippen LogP contribution in [0.15, 0.2) is 36.4 Å². The maximum Gasteiger partial charge on any atom is 0.159 e. The van der Waals surface area contributed by atoms with E-state index in [0.29, 0.717) is 0 Å². The van der Waals surface area contributed by atoms with Gasteiger partial charge in [0.2, 0.25) is 0 Å². The lowest BCUT2D eigenvalue weighted by Gasteiger charge is -2.12. The number of ketones is 1. The smallest absolute Gasteiger partial charge is 0.159 e. The third-order valence-corrected chi connectivity index (χ3v) is 4.37. The first-order valence-electron chi connectivity index (χ1n) is 7.62. The van der Waals surface area contributed by atoms with Gasteiger partial charge < -0.3 is 0 Å². The SMILES string of the molecule is CCCCC[C@@H](CSCC)C(=O)/C=C/c1ccccc1. The second-order valence-electron chi connectivity index (χ2n) is 5.00.